The molecule has 0 aliphatic rings. The van der Waals surface area contributed by atoms with Crippen LogP contribution in [0.4, 0.5) is 15.8 Å². The van der Waals surface area contributed by atoms with E-state index in [0.717, 1.165) is 16.7 Å². The normalized spacial score (nSPS) is 11.1. The van der Waals surface area contributed by atoms with E-state index in [1.54, 1.807) is 65.5 Å². The average molecular weight is 587 g/mol. The van der Waals surface area contributed by atoms with Gasteiger partial charge in [0.15, 0.2) is 5.76 Å². The van der Waals surface area contributed by atoms with E-state index in [9.17, 15) is 9.18 Å². The van der Waals surface area contributed by atoms with E-state index in [1.807, 2.05) is 31.4 Å². The molecule has 0 aliphatic heterocycles. The van der Waals surface area contributed by atoms with Crippen LogP contribution in [0, 0.1) is 5.82 Å². The van der Waals surface area contributed by atoms with Crippen LogP contribution >= 0.6 is 0 Å². The molecule has 3 N–H and O–H groups in total. The summed E-state index contributed by atoms with van der Waals surface area (Å²) in [4.78, 5) is 21.6. The highest BCUT2D eigenvalue weighted by molar-refractivity contribution is 6.04. The Morgan fingerprint density at radius 3 is 2.50 bits per heavy atom. The van der Waals surface area contributed by atoms with Crippen molar-refractivity contribution in [3.8, 4) is 45.4 Å². The molecule has 0 atom stereocenters. The van der Waals surface area contributed by atoms with Gasteiger partial charge in [-0.2, -0.15) is 5.10 Å². The number of ether oxygens (including phenoxy) is 1. The summed E-state index contributed by atoms with van der Waals surface area (Å²) >= 11 is 0. The van der Waals surface area contributed by atoms with E-state index in [4.69, 9.17) is 19.3 Å². The van der Waals surface area contributed by atoms with Crippen LogP contribution in [0.5, 0.6) is 11.6 Å². The van der Waals surface area contributed by atoms with Gasteiger partial charge in [-0.1, -0.05) is 12.1 Å². The SMILES string of the molecule is Cn1cc(-c2oc3ncnc(Oc4ccc(NC(=O)c5ccc(-c6ccc(F)cc6)o5)cc4)c3c2-c2cccc(N)c2)cn1. The summed E-state index contributed by atoms with van der Waals surface area (Å²) in [7, 11) is 1.83. The summed E-state index contributed by atoms with van der Waals surface area (Å²) in [6.07, 6.45) is 4.93. The van der Waals surface area contributed by atoms with E-state index in [1.165, 1.54) is 18.5 Å². The summed E-state index contributed by atoms with van der Waals surface area (Å²) in [5.41, 5.74) is 10.5. The van der Waals surface area contributed by atoms with Gasteiger partial charge in [-0.05, 0) is 78.4 Å². The first-order valence-corrected chi connectivity index (χ1v) is 13.5. The quantitative estimate of drug-likeness (QED) is 0.186. The van der Waals surface area contributed by atoms with E-state index < -0.39 is 5.91 Å². The molecule has 7 aromatic rings. The van der Waals surface area contributed by atoms with Crippen LogP contribution in [0.25, 0.3) is 44.9 Å². The molecule has 44 heavy (non-hydrogen) atoms. The largest absolute Gasteiger partial charge is 0.451 e. The highest BCUT2D eigenvalue weighted by Gasteiger charge is 2.24. The molecule has 0 radical (unpaired) electrons. The Hall–Kier alpha value is -6.23. The van der Waals surface area contributed by atoms with Gasteiger partial charge in [0, 0.05) is 35.7 Å². The van der Waals surface area contributed by atoms with Gasteiger partial charge in [0.05, 0.1) is 11.8 Å². The van der Waals surface area contributed by atoms with Crippen molar-refractivity contribution in [2.45, 2.75) is 0 Å². The smallest absolute Gasteiger partial charge is 0.291 e. The second-order valence-corrected chi connectivity index (χ2v) is 9.94. The number of hydrogen-bond acceptors (Lipinski definition) is 8. The van der Waals surface area contributed by atoms with Gasteiger partial charge >= 0.3 is 0 Å². The van der Waals surface area contributed by atoms with Gasteiger partial charge in [-0.25, -0.2) is 14.4 Å². The maximum atomic E-state index is 13.2. The molecule has 10 nitrogen and oxygen atoms in total. The fourth-order valence-corrected chi connectivity index (χ4v) is 4.84. The lowest BCUT2D eigenvalue weighted by molar-refractivity contribution is 0.0997. The van der Waals surface area contributed by atoms with E-state index in [0.29, 0.717) is 45.3 Å². The molecule has 4 aromatic heterocycles. The number of carbonyl (C=O) groups excluding carboxylic acids is 1. The molecule has 0 aliphatic carbocycles. The zero-order chi connectivity index (χ0) is 30.2. The predicted molar refractivity (Wildman–Crippen MR) is 162 cm³/mol. The zero-order valence-corrected chi connectivity index (χ0v) is 23.2. The highest BCUT2D eigenvalue weighted by Crippen LogP contribution is 2.44. The number of nitrogens with zero attached hydrogens (tertiary/aromatic N) is 4. The third kappa shape index (κ3) is 5.13. The minimum atomic E-state index is -0.433. The molecule has 0 saturated heterocycles. The van der Waals surface area contributed by atoms with Gasteiger partial charge in [0.1, 0.15) is 34.8 Å². The molecule has 0 fully saturated rings. The molecule has 0 saturated carbocycles. The summed E-state index contributed by atoms with van der Waals surface area (Å²) in [5.74, 6) is 1.11. The van der Waals surface area contributed by atoms with E-state index in [2.05, 4.69) is 20.4 Å². The fourth-order valence-electron chi connectivity index (χ4n) is 4.84. The molecule has 0 spiro atoms. The molecule has 4 heterocycles. The first-order valence-electron chi connectivity index (χ1n) is 13.5. The number of halogens is 1. The lowest BCUT2D eigenvalue weighted by Gasteiger charge is -2.09. The molecule has 0 bridgehead atoms. The number of anilines is 2. The van der Waals surface area contributed by atoms with Crippen molar-refractivity contribution in [1.29, 1.82) is 0 Å². The van der Waals surface area contributed by atoms with Gasteiger partial charge < -0.3 is 24.6 Å². The summed E-state index contributed by atoms with van der Waals surface area (Å²) < 4.78 is 33.0. The second-order valence-electron chi connectivity index (χ2n) is 9.94. The molecular formula is C33H23FN6O4. The fraction of sp³-hybridized carbons (Fsp3) is 0.0303. The number of furan rings is 2. The van der Waals surface area contributed by atoms with Crippen molar-refractivity contribution in [3.05, 3.63) is 115 Å². The van der Waals surface area contributed by atoms with Gasteiger partial charge in [0.2, 0.25) is 11.6 Å². The number of aryl methyl sites for hydroxylation is 1. The number of nitrogens with one attached hydrogen (secondary N) is 1. The van der Waals surface area contributed by atoms with Gasteiger partial charge in [-0.3, -0.25) is 9.48 Å². The maximum Gasteiger partial charge on any atom is 0.291 e. The maximum absolute atomic E-state index is 13.2. The molecule has 0 unspecified atom stereocenters. The second kappa shape index (κ2) is 10.9. The van der Waals surface area contributed by atoms with Crippen molar-refractivity contribution in [2.24, 2.45) is 7.05 Å². The first-order chi connectivity index (χ1) is 21.4. The molecule has 1 amide bonds. The Morgan fingerprint density at radius 1 is 0.932 bits per heavy atom. The van der Waals surface area contributed by atoms with Crippen molar-refractivity contribution in [2.75, 3.05) is 11.1 Å². The summed E-state index contributed by atoms with van der Waals surface area (Å²) in [6, 6.07) is 23.3. The van der Waals surface area contributed by atoms with Crippen LogP contribution < -0.4 is 15.8 Å². The summed E-state index contributed by atoms with van der Waals surface area (Å²) in [5, 5.41) is 7.66. The number of nitrogens with two attached hydrogens (primary N) is 1. The Kier molecular flexibility index (Phi) is 6.59. The van der Waals surface area contributed by atoms with Crippen molar-refractivity contribution < 1.29 is 22.8 Å². The standard InChI is InChI=1S/C33H23FN6O4/c1-40-17-21(16-38-40)30-28(20-3-2-4-23(35)15-20)29-32(36-18-37-33(29)44-30)42-25-11-9-24(10-12-25)39-31(41)27-14-13-26(43-27)19-5-7-22(34)8-6-19/h2-18H,35H2,1H3,(H,39,41). The third-order valence-corrected chi connectivity index (χ3v) is 6.88. The third-order valence-electron chi connectivity index (χ3n) is 6.88. The monoisotopic (exact) mass is 586 g/mol. The zero-order valence-electron chi connectivity index (χ0n) is 23.2. The Morgan fingerprint density at radius 2 is 1.75 bits per heavy atom. The van der Waals surface area contributed by atoms with Gasteiger partial charge in [0.25, 0.3) is 5.91 Å². The van der Waals surface area contributed by atoms with E-state index >= 15 is 0 Å². The van der Waals surface area contributed by atoms with Crippen LogP contribution in [0.1, 0.15) is 10.6 Å². The lowest BCUT2D eigenvalue weighted by Crippen LogP contribution is -2.10. The van der Waals surface area contributed by atoms with Crippen molar-refractivity contribution in [1.82, 2.24) is 19.7 Å². The molecule has 11 heteroatoms. The number of carbonyl (C=O) groups is 1. The number of nitrogen functional groups attached to an aromatic ring is 1. The van der Waals surface area contributed by atoms with Crippen LogP contribution in [0.15, 0.2) is 112 Å². The number of benzene rings is 3. The average Bonchev–Trinajstić information content (AvgIpc) is 3.77. The van der Waals surface area contributed by atoms with Crippen LogP contribution in [0.3, 0.4) is 0 Å². The van der Waals surface area contributed by atoms with Crippen LogP contribution in [0.2, 0.25) is 0 Å². The van der Waals surface area contributed by atoms with Gasteiger partial charge in [-0.15, -0.1) is 0 Å². The number of amides is 1. The minimum absolute atomic E-state index is 0.117. The number of fused-ring (bicyclic) bond motifs is 1. The predicted octanol–water partition coefficient (Wildman–Crippen LogP) is 7.32. The van der Waals surface area contributed by atoms with Crippen LogP contribution in [-0.2, 0) is 7.05 Å². The molecular weight excluding hydrogens is 563 g/mol. The lowest BCUT2D eigenvalue weighted by atomic mass is 10.0. The van der Waals surface area contributed by atoms with Crippen molar-refractivity contribution in [3.63, 3.8) is 0 Å². The Labute approximate surface area is 249 Å². The Balaban J connectivity index is 1.16. The number of rotatable bonds is 7. The van der Waals surface area contributed by atoms with Crippen molar-refractivity contribution >= 4 is 28.4 Å². The molecule has 7 rings (SSSR count). The molecule has 216 valence electrons. The van der Waals surface area contributed by atoms with Crippen LogP contribution in [-0.4, -0.2) is 25.7 Å². The number of hydrogen-bond donors (Lipinski definition) is 2. The molecule has 3 aromatic carbocycles. The first kappa shape index (κ1) is 26.7. The number of aromatic nitrogens is 4. The highest BCUT2D eigenvalue weighted by atomic mass is 19.1. The topological polar surface area (TPSA) is 134 Å². The Bertz CT molecular complexity index is 2130. The summed E-state index contributed by atoms with van der Waals surface area (Å²) in [6.45, 7) is 0. The van der Waals surface area contributed by atoms with E-state index in [-0.39, 0.29) is 17.5 Å². The minimum Gasteiger partial charge on any atom is -0.451 e.